The number of sulfonamides is 1. The molecule has 0 radical (unpaired) electrons. The lowest BCUT2D eigenvalue weighted by molar-refractivity contribution is -0.141. The number of carbonyl (C=O) groups is 2. The van der Waals surface area contributed by atoms with Crippen molar-refractivity contribution in [2.75, 3.05) is 17.1 Å². The molecule has 0 spiro atoms. The molecular formula is C31H36Cl2FN3O4S. The normalized spacial score (nSPS) is 12.8. The molecule has 0 fully saturated rings. The summed E-state index contributed by atoms with van der Waals surface area (Å²) < 4.78 is 41.2. The number of halogens is 3. The number of anilines is 1. The number of rotatable bonds is 14. The third-order valence-electron chi connectivity index (χ3n) is 6.90. The summed E-state index contributed by atoms with van der Waals surface area (Å²) in [7, 11) is -3.76. The zero-order valence-electron chi connectivity index (χ0n) is 23.9. The highest BCUT2D eigenvalue weighted by molar-refractivity contribution is 7.92. The predicted molar refractivity (Wildman–Crippen MR) is 167 cm³/mol. The van der Waals surface area contributed by atoms with Crippen molar-refractivity contribution < 1.29 is 22.4 Å². The monoisotopic (exact) mass is 635 g/mol. The number of amides is 2. The minimum Gasteiger partial charge on any atom is -0.352 e. The molecular weight excluding hydrogens is 600 g/mol. The zero-order chi connectivity index (χ0) is 30.9. The molecule has 0 aliphatic rings. The first kappa shape index (κ1) is 33.4. The van der Waals surface area contributed by atoms with E-state index in [9.17, 15) is 22.4 Å². The molecule has 3 rings (SSSR count). The van der Waals surface area contributed by atoms with E-state index < -0.39 is 27.8 Å². The molecule has 3 aromatic carbocycles. The first-order valence-electron chi connectivity index (χ1n) is 13.7. The molecule has 0 heterocycles. The van der Waals surface area contributed by atoms with Gasteiger partial charge in [0, 0.05) is 42.6 Å². The molecule has 2 amide bonds. The van der Waals surface area contributed by atoms with Gasteiger partial charge in [-0.2, -0.15) is 0 Å². The van der Waals surface area contributed by atoms with Gasteiger partial charge in [0.25, 0.3) is 0 Å². The van der Waals surface area contributed by atoms with Crippen LogP contribution in [0.15, 0.2) is 72.8 Å². The Morgan fingerprint density at radius 2 is 1.67 bits per heavy atom. The van der Waals surface area contributed by atoms with Gasteiger partial charge < -0.3 is 10.2 Å². The second kappa shape index (κ2) is 15.4. The Morgan fingerprint density at radius 3 is 2.31 bits per heavy atom. The molecule has 0 aromatic heterocycles. The van der Waals surface area contributed by atoms with E-state index in [1.807, 2.05) is 44.2 Å². The van der Waals surface area contributed by atoms with Crippen LogP contribution in [0.5, 0.6) is 0 Å². The quantitative estimate of drug-likeness (QED) is 0.227. The fraction of sp³-hybridized carbons (Fsp3) is 0.355. The van der Waals surface area contributed by atoms with Crippen molar-refractivity contribution in [1.82, 2.24) is 10.2 Å². The van der Waals surface area contributed by atoms with Gasteiger partial charge in [0.2, 0.25) is 21.8 Å². The van der Waals surface area contributed by atoms with E-state index in [0.29, 0.717) is 11.4 Å². The molecule has 7 nitrogen and oxygen atoms in total. The predicted octanol–water partition coefficient (Wildman–Crippen LogP) is 6.23. The second-order valence-corrected chi connectivity index (χ2v) is 12.9. The smallest absolute Gasteiger partial charge is 0.243 e. The lowest BCUT2D eigenvalue weighted by Gasteiger charge is -2.33. The van der Waals surface area contributed by atoms with Crippen molar-refractivity contribution in [3.05, 3.63) is 99.8 Å². The summed E-state index contributed by atoms with van der Waals surface area (Å²) in [5.41, 5.74) is 1.31. The van der Waals surface area contributed by atoms with E-state index in [2.05, 4.69) is 5.32 Å². The van der Waals surface area contributed by atoms with E-state index in [0.717, 1.165) is 16.1 Å². The number of nitrogens with zero attached hydrogens (tertiary/aromatic N) is 2. The fourth-order valence-corrected chi connectivity index (χ4v) is 5.87. The number of hydrogen-bond acceptors (Lipinski definition) is 4. The van der Waals surface area contributed by atoms with Gasteiger partial charge in [0.05, 0.1) is 17.0 Å². The molecule has 0 bridgehead atoms. The average Bonchev–Trinajstić information content (AvgIpc) is 2.95. The maximum Gasteiger partial charge on any atom is 0.243 e. The first-order valence-corrected chi connectivity index (χ1v) is 16.3. The van der Waals surface area contributed by atoms with Crippen LogP contribution < -0.4 is 9.62 Å². The summed E-state index contributed by atoms with van der Waals surface area (Å²) in [4.78, 5) is 28.8. The minimum atomic E-state index is -3.76. The van der Waals surface area contributed by atoms with Crippen LogP contribution in [0.4, 0.5) is 10.1 Å². The lowest BCUT2D eigenvalue weighted by atomic mass is 10.0. The van der Waals surface area contributed by atoms with E-state index in [1.165, 1.54) is 23.1 Å². The molecule has 42 heavy (non-hydrogen) atoms. The van der Waals surface area contributed by atoms with Crippen LogP contribution in [0, 0.1) is 5.82 Å². The molecule has 0 aliphatic heterocycles. The maximum absolute atomic E-state index is 14.8. The van der Waals surface area contributed by atoms with Gasteiger partial charge >= 0.3 is 0 Å². The number of hydrogen-bond donors (Lipinski definition) is 1. The van der Waals surface area contributed by atoms with Gasteiger partial charge in [0.1, 0.15) is 11.9 Å². The van der Waals surface area contributed by atoms with Crippen LogP contribution in [-0.2, 0) is 32.6 Å². The maximum atomic E-state index is 14.8. The third kappa shape index (κ3) is 9.44. The van der Waals surface area contributed by atoms with Crippen LogP contribution >= 0.6 is 23.2 Å². The van der Waals surface area contributed by atoms with Gasteiger partial charge in [0.15, 0.2) is 0 Å². The summed E-state index contributed by atoms with van der Waals surface area (Å²) in [6, 6.07) is 18.9. The summed E-state index contributed by atoms with van der Waals surface area (Å²) in [6.07, 6.45) is 1.98. The van der Waals surface area contributed by atoms with Gasteiger partial charge in [-0.05, 0) is 49.6 Å². The summed E-state index contributed by atoms with van der Waals surface area (Å²) in [5.74, 6) is -1.25. The van der Waals surface area contributed by atoms with Crippen molar-refractivity contribution in [2.45, 2.75) is 58.2 Å². The minimum absolute atomic E-state index is 0.0550. The zero-order valence-corrected chi connectivity index (χ0v) is 26.2. The number of nitrogens with one attached hydrogen (secondary N) is 1. The van der Waals surface area contributed by atoms with Crippen molar-refractivity contribution in [1.29, 1.82) is 0 Å². The molecule has 2 atom stereocenters. The van der Waals surface area contributed by atoms with Crippen LogP contribution in [-0.4, -0.2) is 50.0 Å². The van der Waals surface area contributed by atoms with Gasteiger partial charge in [-0.1, -0.05) is 78.7 Å². The number of benzene rings is 3. The van der Waals surface area contributed by atoms with Crippen LogP contribution in [0.25, 0.3) is 0 Å². The standard InChI is InChI=1S/C31H36Cl2FN3O4S/c1-4-22(2)35-31(39)29(19-23-11-6-5-7-12-23)36(21-24-13-8-9-14-27(24)34)30(38)15-10-18-37(42(3,40)41)28-20-25(32)16-17-26(28)33/h5-9,11-14,16-17,20,22,29H,4,10,15,18-19,21H2,1-3H3,(H,35,39)/t22-,29-/m0/s1. The van der Waals surface area contributed by atoms with Crippen molar-refractivity contribution in [2.24, 2.45) is 0 Å². The van der Waals surface area contributed by atoms with E-state index in [4.69, 9.17) is 23.2 Å². The van der Waals surface area contributed by atoms with E-state index >= 15 is 0 Å². The summed E-state index contributed by atoms with van der Waals surface area (Å²) >= 11 is 12.4. The highest BCUT2D eigenvalue weighted by Gasteiger charge is 2.31. The lowest BCUT2D eigenvalue weighted by Crippen LogP contribution is -2.52. The highest BCUT2D eigenvalue weighted by Crippen LogP contribution is 2.31. The molecule has 226 valence electrons. The Labute approximate surface area is 257 Å². The van der Waals surface area contributed by atoms with Crippen molar-refractivity contribution >= 4 is 50.7 Å². The first-order chi connectivity index (χ1) is 19.9. The fourth-order valence-electron chi connectivity index (χ4n) is 4.46. The van der Waals surface area contributed by atoms with Gasteiger partial charge in [-0.15, -0.1) is 0 Å². The van der Waals surface area contributed by atoms with Gasteiger partial charge in [-0.25, -0.2) is 12.8 Å². The summed E-state index contributed by atoms with van der Waals surface area (Å²) in [5, 5.41) is 3.48. The number of carbonyl (C=O) groups excluding carboxylic acids is 2. The molecule has 1 N–H and O–H groups in total. The Balaban J connectivity index is 1.92. The van der Waals surface area contributed by atoms with Crippen molar-refractivity contribution in [3.63, 3.8) is 0 Å². The van der Waals surface area contributed by atoms with Crippen molar-refractivity contribution in [3.8, 4) is 0 Å². The second-order valence-electron chi connectivity index (χ2n) is 10.2. The molecule has 11 heteroatoms. The van der Waals surface area contributed by atoms with E-state index in [-0.39, 0.29) is 60.6 Å². The van der Waals surface area contributed by atoms with Crippen LogP contribution in [0.2, 0.25) is 10.0 Å². The molecule has 0 aliphatic carbocycles. The topological polar surface area (TPSA) is 86.8 Å². The molecule has 0 saturated carbocycles. The largest absolute Gasteiger partial charge is 0.352 e. The van der Waals surface area contributed by atoms with Crippen LogP contribution in [0.1, 0.15) is 44.2 Å². The SMILES string of the molecule is CC[C@H](C)NC(=O)[C@H](Cc1ccccc1)N(Cc1ccccc1F)C(=O)CCCN(c1cc(Cl)ccc1Cl)S(C)(=O)=O. The Bertz CT molecular complexity index is 1470. The highest BCUT2D eigenvalue weighted by atomic mass is 35.5. The third-order valence-corrected chi connectivity index (χ3v) is 8.63. The Hall–Kier alpha value is -3.14. The average molecular weight is 637 g/mol. The summed E-state index contributed by atoms with van der Waals surface area (Å²) in [6.45, 7) is 3.63. The van der Waals surface area contributed by atoms with Crippen LogP contribution in [0.3, 0.4) is 0 Å². The van der Waals surface area contributed by atoms with E-state index in [1.54, 1.807) is 24.3 Å². The Morgan fingerprint density at radius 1 is 1.00 bits per heavy atom. The van der Waals surface area contributed by atoms with Gasteiger partial charge in [-0.3, -0.25) is 13.9 Å². The Kier molecular flexibility index (Phi) is 12.2. The molecule has 0 unspecified atom stereocenters. The molecule has 3 aromatic rings. The molecule has 0 saturated heterocycles.